The molecule has 2 aromatic rings. The first-order valence-corrected chi connectivity index (χ1v) is 5.67. The van der Waals surface area contributed by atoms with E-state index >= 15 is 0 Å². The standard InChI is InChI=1S/C13H17N3O2/c1-8-9(10-6-15-18-13(10)14)4-5-12(17)11(8)7-16(2)3/h4-6,17H,7,14H2,1-3H3. The van der Waals surface area contributed by atoms with Crippen LogP contribution >= 0.6 is 0 Å². The number of benzene rings is 1. The van der Waals surface area contributed by atoms with Gasteiger partial charge in [0.25, 0.3) is 0 Å². The van der Waals surface area contributed by atoms with Crippen LogP contribution in [0.25, 0.3) is 11.1 Å². The molecule has 0 aliphatic heterocycles. The normalized spacial score (nSPS) is 11.1. The number of hydrogen-bond donors (Lipinski definition) is 2. The molecule has 0 atom stereocenters. The molecule has 0 spiro atoms. The second-order valence-electron chi connectivity index (χ2n) is 4.58. The van der Waals surface area contributed by atoms with Gasteiger partial charge in [0.2, 0.25) is 5.88 Å². The highest BCUT2D eigenvalue weighted by Crippen LogP contribution is 2.34. The van der Waals surface area contributed by atoms with Crippen LogP contribution in [0.15, 0.2) is 22.9 Å². The van der Waals surface area contributed by atoms with E-state index in [2.05, 4.69) is 5.16 Å². The van der Waals surface area contributed by atoms with Crippen molar-refractivity contribution in [3.63, 3.8) is 0 Å². The molecule has 0 aliphatic carbocycles. The molecule has 0 saturated carbocycles. The van der Waals surface area contributed by atoms with E-state index in [1.807, 2.05) is 32.0 Å². The number of nitrogen functional groups attached to an aromatic ring is 1. The van der Waals surface area contributed by atoms with E-state index in [4.69, 9.17) is 10.3 Å². The molecule has 0 fully saturated rings. The number of anilines is 1. The molecule has 1 aromatic carbocycles. The van der Waals surface area contributed by atoms with Gasteiger partial charge in [-0.05, 0) is 38.2 Å². The summed E-state index contributed by atoms with van der Waals surface area (Å²) in [5.41, 5.74) is 9.29. The molecular weight excluding hydrogens is 230 g/mol. The molecule has 2 rings (SSSR count). The predicted octanol–water partition coefficient (Wildman–Crippen LogP) is 2.00. The highest BCUT2D eigenvalue weighted by atomic mass is 16.5. The van der Waals surface area contributed by atoms with Crippen molar-refractivity contribution in [3.05, 3.63) is 29.5 Å². The number of phenolic OH excluding ortho intramolecular Hbond substituents is 1. The van der Waals surface area contributed by atoms with Crippen molar-refractivity contribution in [1.29, 1.82) is 0 Å². The van der Waals surface area contributed by atoms with Crippen LogP contribution in [-0.2, 0) is 6.54 Å². The minimum absolute atomic E-state index is 0.291. The van der Waals surface area contributed by atoms with E-state index < -0.39 is 0 Å². The van der Waals surface area contributed by atoms with E-state index in [-0.39, 0.29) is 0 Å². The summed E-state index contributed by atoms with van der Waals surface area (Å²) < 4.78 is 4.88. The predicted molar refractivity (Wildman–Crippen MR) is 70.1 cm³/mol. The maximum absolute atomic E-state index is 9.93. The van der Waals surface area contributed by atoms with Crippen LogP contribution in [0.1, 0.15) is 11.1 Å². The molecule has 5 heteroatoms. The molecule has 96 valence electrons. The largest absolute Gasteiger partial charge is 0.508 e. The third-order valence-corrected chi connectivity index (χ3v) is 2.94. The molecule has 18 heavy (non-hydrogen) atoms. The van der Waals surface area contributed by atoms with Gasteiger partial charge in [0, 0.05) is 12.1 Å². The molecule has 1 aromatic heterocycles. The minimum atomic E-state index is 0.291. The lowest BCUT2D eigenvalue weighted by Crippen LogP contribution is -2.12. The van der Waals surface area contributed by atoms with E-state index in [0.717, 1.165) is 22.3 Å². The third kappa shape index (κ3) is 2.17. The van der Waals surface area contributed by atoms with Gasteiger partial charge in [0.05, 0.1) is 11.8 Å². The molecule has 0 amide bonds. The Labute approximate surface area is 106 Å². The Hall–Kier alpha value is -2.01. The zero-order chi connectivity index (χ0) is 13.3. The number of phenols is 1. The number of aromatic hydroxyl groups is 1. The molecule has 0 saturated heterocycles. The van der Waals surface area contributed by atoms with Gasteiger partial charge in [-0.3, -0.25) is 0 Å². The van der Waals surface area contributed by atoms with E-state index in [1.165, 1.54) is 0 Å². The average molecular weight is 247 g/mol. The Kier molecular flexibility index (Phi) is 3.25. The Morgan fingerprint density at radius 2 is 2.06 bits per heavy atom. The van der Waals surface area contributed by atoms with Gasteiger partial charge < -0.3 is 20.3 Å². The Morgan fingerprint density at radius 3 is 2.61 bits per heavy atom. The first-order valence-electron chi connectivity index (χ1n) is 5.67. The van der Waals surface area contributed by atoms with Crippen LogP contribution in [0, 0.1) is 6.92 Å². The lowest BCUT2D eigenvalue weighted by Gasteiger charge is -2.16. The lowest BCUT2D eigenvalue weighted by atomic mass is 9.97. The van der Waals surface area contributed by atoms with Crippen LogP contribution in [0.3, 0.4) is 0 Å². The summed E-state index contributed by atoms with van der Waals surface area (Å²) in [4.78, 5) is 2.00. The fourth-order valence-electron chi connectivity index (χ4n) is 2.00. The van der Waals surface area contributed by atoms with Gasteiger partial charge in [0.15, 0.2) is 0 Å². The molecule has 3 N–H and O–H groups in total. The molecule has 0 bridgehead atoms. The van der Waals surface area contributed by atoms with Gasteiger partial charge in [-0.2, -0.15) is 0 Å². The molecule has 1 heterocycles. The number of rotatable bonds is 3. The van der Waals surface area contributed by atoms with Crippen molar-refractivity contribution in [1.82, 2.24) is 10.1 Å². The molecular formula is C13H17N3O2. The monoisotopic (exact) mass is 247 g/mol. The quantitative estimate of drug-likeness (QED) is 0.867. The van der Waals surface area contributed by atoms with Crippen LogP contribution in [0.5, 0.6) is 5.75 Å². The van der Waals surface area contributed by atoms with Gasteiger partial charge in [-0.25, -0.2) is 0 Å². The summed E-state index contributed by atoms with van der Waals surface area (Å²) in [6, 6.07) is 3.50. The van der Waals surface area contributed by atoms with Crippen molar-refractivity contribution in [2.24, 2.45) is 0 Å². The number of aromatic nitrogens is 1. The van der Waals surface area contributed by atoms with Crippen LogP contribution in [-0.4, -0.2) is 29.3 Å². The molecule has 5 nitrogen and oxygen atoms in total. The number of nitrogens with zero attached hydrogens (tertiary/aromatic N) is 2. The van der Waals surface area contributed by atoms with Crippen molar-refractivity contribution in [2.45, 2.75) is 13.5 Å². The fourth-order valence-corrected chi connectivity index (χ4v) is 2.00. The van der Waals surface area contributed by atoms with E-state index in [0.29, 0.717) is 18.2 Å². The summed E-state index contributed by atoms with van der Waals surface area (Å²) >= 11 is 0. The Balaban J connectivity index is 2.54. The second-order valence-corrected chi connectivity index (χ2v) is 4.58. The zero-order valence-electron chi connectivity index (χ0n) is 10.8. The summed E-state index contributed by atoms with van der Waals surface area (Å²) in [6.45, 7) is 2.62. The van der Waals surface area contributed by atoms with Gasteiger partial charge >= 0.3 is 0 Å². The maximum atomic E-state index is 9.93. The van der Waals surface area contributed by atoms with E-state index in [1.54, 1.807) is 12.3 Å². The topological polar surface area (TPSA) is 75.5 Å². The number of nitrogens with two attached hydrogens (primary N) is 1. The highest BCUT2D eigenvalue weighted by Gasteiger charge is 2.15. The molecule has 0 unspecified atom stereocenters. The first-order chi connectivity index (χ1) is 8.50. The van der Waals surface area contributed by atoms with Crippen molar-refractivity contribution >= 4 is 5.88 Å². The summed E-state index contributed by atoms with van der Waals surface area (Å²) in [5.74, 6) is 0.583. The average Bonchev–Trinajstić information content (AvgIpc) is 2.71. The van der Waals surface area contributed by atoms with Gasteiger partial charge in [0.1, 0.15) is 5.75 Å². The number of hydrogen-bond acceptors (Lipinski definition) is 5. The van der Waals surface area contributed by atoms with Crippen LogP contribution in [0.4, 0.5) is 5.88 Å². The van der Waals surface area contributed by atoms with Gasteiger partial charge in [-0.15, -0.1) is 0 Å². The lowest BCUT2D eigenvalue weighted by molar-refractivity contribution is 0.385. The zero-order valence-corrected chi connectivity index (χ0v) is 10.8. The SMILES string of the molecule is Cc1c(-c2cnoc2N)ccc(O)c1CN(C)C. The fraction of sp³-hybridized carbons (Fsp3) is 0.308. The smallest absolute Gasteiger partial charge is 0.229 e. The summed E-state index contributed by atoms with van der Waals surface area (Å²) in [5, 5.41) is 13.6. The Bertz CT molecular complexity index is 561. The highest BCUT2D eigenvalue weighted by molar-refractivity contribution is 5.76. The summed E-state index contributed by atoms with van der Waals surface area (Å²) in [6.07, 6.45) is 1.59. The van der Waals surface area contributed by atoms with Crippen molar-refractivity contribution < 1.29 is 9.63 Å². The van der Waals surface area contributed by atoms with Crippen LogP contribution < -0.4 is 5.73 Å². The first kappa shape index (κ1) is 12.4. The van der Waals surface area contributed by atoms with E-state index in [9.17, 15) is 5.11 Å². The maximum Gasteiger partial charge on any atom is 0.229 e. The van der Waals surface area contributed by atoms with Crippen LogP contribution in [0.2, 0.25) is 0 Å². The Morgan fingerprint density at radius 1 is 1.33 bits per heavy atom. The third-order valence-electron chi connectivity index (χ3n) is 2.94. The second kappa shape index (κ2) is 4.70. The molecule has 0 aliphatic rings. The minimum Gasteiger partial charge on any atom is -0.508 e. The summed E-state index contributed by atoms with van der Waals surface area (Å²) in [7, 11) is 3.92. The molecule has 0 radical (unpaired) electrons. The van der Waals surface area contributed by atoms with Crippen molar-refractivity contribution in [3.8, 4) is 16.9 Å². The van der Waals surface area contributed by atoms with Gasteiger partial charge in [-0.1, -0.05) is 11.2 Å². The van der Waals surface area contributed by atoms with Crippen molar-refractivity contribution in [2.75, 3.05) is 19.8 Å².